The number of thiophene rings is 1. The Balaban J connectivity index is 1.80. The van der Waals surface area contributed by atoms with Crippen molar-refractivity contribution in [3.8, 4) is 10.6 Å². The Morgan fingerprint density at radius 2 is 2.14 bits per heavy atom. The number of hydrogen-bond acceptors (Lipinski definition) is 5. The maximum absolute atomic E-state index is 12.4. The van der Waals surface area contributed by atoms with Crippen molar-refractivity contribution in [1.29, 1.82) is 0 Å². The molecule has 0 saturated carbocycles. The van der Waals surface area contributed by atoms with Gasteiger partial charge in [-0.15, -0.1) is 11.3 Å². The molecular weight excluding hydrogens is 286 g/mol. The normalized spacial score (nSPS) is 10.5. The van der Waals surface area contributed by atoms with Crippen molar-refractivity contribution in [2.75, 3.05) is 0 Å². The van der Waals surface area contributed by atoms with E-state index in [1.165, 1.54) is 11.3 Å². The first kappa shape index (κ1) is 13.5. The number of pyridine rings is 1. The van der Waals surface area contributed by atoms with E-state index in [9.17, 15) is 4.79 Å². The number of nitrogens with one attached hydrogen (secondary N) is 1. The van der Waals surface area contributed by atoms with E-state index in [4.69, 9.17) is 4.52 Å². The fourth-order valence-corrected chi connectivity index (χ4v) is 2.69. The zero-order chi connectivity index (χ0) is 14.7. The van der Waals surface area contributed by atoms with Gasteiger partial charge in [0, 0.05) is 18.9 Å². The van der Waals surface area contributed by atoms with Crippen LogP contribution in [0.5, 0.6) is 0 Å². The van der Waals surface area contributed by atoms with Gasteiger partial charge in [0.2, 0.25) is 0 Å². The molecule has 0 fully saturated rings. The number of hydrogen-bond donors (Lipinski definition) is 1. The summed E-state index contributed by atoms with van der Waals surface area (Å²) in [4.78, 5) is 17.2. The highest BCUT2D eigenvalue weighted by molar-refractivity contribution is 7.13. The second-order valence-electron chi connectivity index (χ2n) is 4.49. The molecule has 3 rings (SSSR count). The summed E-state index contributed by atoms with van der Waals surface area (Å²) in [5, 5.41) is 8.73. The summed E-state index contributed by atoms with van der Waals surface area (Å²) in [5.41, 5.74) is 2.07. The summed E-state index contributed by atoms with van der Waals surface area (Å²) >= 11 is 1.51. The highest BCUT2D eigenvalue weighted by atomic mass is 32.1. The van der Waals surface area contributed by atoms with Gasteiger partial charge in [0.1, 0.15) is 5.56 Å². The van der Waals surface area contributed by atoms with Crippen LogP contribution in [0.15, 0.2) is 46.6 Å². The molecule has 3 heterocycles. The van der Waals surface area contributed by atoms with Crippen molar-refractivity contribution in [3.05, 3.63) is 58.9 Å². The summed E-state index contributed by atoms with van der Waals surface area (Å²) in [6.07, 6.45) is 3.40. The van der Waals surface area contributed by atoms with Crippen molar-refractivity contribution in [1.82, 2.24) is 15.5 Å². The van der Waals surface area contributed by atoms with Crippen LogP contribution in [0, 0.1) is 6.92 Å². The van der Waals surface area contributed by atoms with Crippen LogP contribution in [-0.4, -0.2) is 16.0 Å². The molecular formula is C15H13N3O2S. The smallest absolute Gasteiger partial charge is 0.257 e. The predicted molar refractivity (Wildman–Crippen MR) is 80.0 cm³/mol. The molecule has 3 aromatic heterocycles. The highest BCUT2D eigenvalue weighted by Crippen LogP contribution is 2.29. The second-order valence-corrected chi connectivity index (χ2v) is 5.44. The van der Waals surface area contributed by atoms with Crippen LogP contribution in [0.2, 0.25) is 0 Å². The molecule has 0 aliphatic carbocycles. The number of carbonyl (C=O) groups is 1. The van der Waals surface area contributed by atoms with E-state index in [-0.39, 0.29) is 5.91 Å². The highest BCUT2D eigenvalue weighted by Gasteiger charge is 2.22. The molecule has 5 nitrogen and oxygen atoms in total. The van der Waals surface area contributed by atoms with Crippen LogP contribution < -0.4 is 5.32 Å². The van der Waals surface area contributed by atoms with Crippen molar-refractivity contribution in [2.24, 2.45) is 0 Å². The Morgan fingerprint density at radius 3 is 2.86 bits per heavy atom. The summed E-state index contributed by atoms with van der Waals surface area (Å²) < 4.78 is 5.30. The van der Waals surface area contributed by atoms with Crippen LogP contribution in [0.25, 0.3) is 10.6 Å². The maximum atomic E-state index is 12.4. The van der Waals surface area contributed by atoms with Crippen molar-refractivity contribution >= 4 is 17.2 Å². The third-order valence-corrected chi connectivity index (χ3v) is 3.91. The topological polar surface area (TPSA) is 68.0 Å². The van der Waals surface area contributed by atoms with Gasteiger partial charge in [0.05, 0.1) is 10.6 Å². The Hall–Kier alpha value is -2.47. The summed E-state index contributed by atoms with van der Waals surface area (Å²) in [6, 6.07) is 7.54. The Labute approximate surface area is 125 Å². The second kappa shape index (κ2) is 5.88. The molecule has 0 aliphatic heterocycles. The zero-order valence-corrected chi connectivity index (χ0v) is 12.2. The lowest BCUT2D eigenvalue weighted by Gasteiger charge is -2.05. The fourth-order valence-electron chi connectivity index (χ4n) is 1.98. The van der Waals surface area contributed by atoms with Crippen molar-refractivity contribution in [3.63, 3.8) is 0 Å². The molecule has 21 heavy (non-hydrogen) atoms. The van der Waals surface area contributed by atoms with Crippen LogP contribution in [0.4, 0.5) is 0 Å². The first-order valence-corrected chi connectivity index (χ1v) is 7.31. The number of rotatable bonds is 4. The monoisotopic (exact) mass is 299 g/mol. The molecule has 0 saturated heterocycles. The average molecular weight is 299 g/mol. The minimum atomic E-state index is -0.186. The van der Waals surface area contributed by atoms with Crippen molar-refractivity contribution in [2.45, 2.75) is 13.5 Å². The number of aryl methyl sites for hydroxylation is 1. The molecule has 0 spiro atoms. The summed E-state index contributed by atoms with van der Waals surface area (Å²) in [6.45, 7) is 2.21. The molecule has 0 aromatic carbocycles. The molecule has 1 amide bonds. The Bertz CT molecular complexity index is 736. The third-order valence-electron chi connectivity index (χ3n) is 3.04. The van der Waals surface area contributed by atoms with Gasteiger partial charge in [0.15, 0.2) is 5.76 Å². The largest absolute Gasteiger partial charge is 0.354 e. The van der Waals surface area contributed by atoms with E-state index in [0.29, 0.717) is 23.6 Å². The van der Waals surface area contributed by atoms with Gasteiger partial charge in [-0.1, -0.05) is 11.2 Å². The molecule has 1 N–H and O–H groups in total. The van der Waals surface area contributed by atoms with Crippen LogP contribution >= 0.6 is 11.3 Å². The maximum Gasteiger partial charge on any atom is 0.257 e. The summed E-state index contributed by atoms with van der Waals surface area (Å²) in [7, 11) is 0. The van der Waals surface area contributed by atoms with Crippen molar-refractivity contribution < 1.29 is 9.32 Å². The number of aromatic nitrogens is 2. The standard InChI is InChI=1S/C15H13N3O2S/c1-10-13(14(20-18-10)12-3-2-8-21-12)15(19)17-9-11-4-6-16-7-5-11/h2-8H,9H2,1H3,(H,17,19). The van der Waals surface area contributed by atoms with E-state index in [1.54, 1.807) is 19.3 Å². The van der Waals surface area contributed by atoms with Gasteiger partial charge in [0.25, 0.3) is 5.91 Å². The quantitative estimate of drug-likeness (QED) is 0.804. The van der Waals surface area contributed by atoms with Crippen LogP contribution in [-0.2, 0) is 6.54 Å². The number of nitrogens with zero attached hydrogens (tertiary/aromatic N) is 2. The van der Waals surface area contributed by atoms with E-state index < -0.39 is 0 Å². The fraction of sp³-hybridized carbons (Fsp3) is 0.133. The van der Waals surface area contributed by atoms with Gasteiger partial charge in [-0.3, -0.25) is 9.78 Å². The molecule has 0 atom stereocenters. The van der Waals surface area contributed by atoms with Gasteiger partial charge in [-0.2, -0.15) is 0 Å². The molecule has 0 unspecified atom stereocenters. The molecule has 0 bridgehead atoms. The molecule has 3 aromatic rings. The van der Waals surface area contributed by atoms with Gasteiger partial charge in [-0.25, -0.2) is 0 Å². The lowest BCUT2D eigenvalue weighted by atomic mass is 10.1. The summed E-state index contributed by atoms with van der Waals surface area (Å²) in [5.74, 6) is 0.337. The molecule has 0 aliphatic rings. The molecule has 0 radical (unpaired) electrons. The van der Waals surface area contributed by atoms with E-state index in [2.05, 4.69) is 15.5 Å². The van der Waals surface area contributed by atoms with Gasteiger partial charge < -0.3 is 9.84 Å². The average Bonchev–Trinajstić information content (AvgIpc) is 3.15. The first-order chi connectivity index (χ1) is 10.3. The van der Waals surface area contributed by atoms with Gasteiger partial charge in [-0.05, 0) is 36.1 Å². The minimum absolute atomic E-state index is 0.186. The van der Waals surface area contributed by atoms with Crippen LogP contribution in [0.3, 0.4) is 0 Å². The first-order valence-electron chi connectivity index (χ1n) is 6.43. The third kappa shape index (κ3) is 2.85. The predicted octanol–water partition coefficient (Wildman–Crippen LogP) is 3.04. The van der Waals surface area contributed by atoms with Crippen LogP contribution in [0.1, 0.15) is 21.6 Å². The number of carbonyl (C=O) groups excluding carboxylic acids is 1. The van der Waals surface area contributed by atoms with E-state index in [0.717, 1.165) is 10.4 Å². The SMILES string of the molecule is Cc1noc(-c2cccs2)c1C(=O)NCc1ccncc1. The van der Waals surface area contributed by atoms with Gasteiger partial charge >= 0.3 is 0 Å². The molecule has 106 valence electrons. The zero-order valence-electron chi connectivity index (χ0n) is 11.4. The number of amides is 1. The minimum Gasteiger partial charge on any atom is -0.354 e. The molecule has 6 heteroatoms. The van der Waals surface area contributed by atoms with E-state index in [1.807, 2.05) is 29.6 Å². The lowest BCUT2D eigenvalue weighted by molar-refractivity contribution is 0.0950. The lowest BCUT2D eigenvalue weighted by Crippen LogP contribution is -2.23. The Morgan fingerprint density at radius 1 is 1.33 bits per heavy atom. The Kier molecular flexibility index (Phi) is 3.79. The van der Waals surface area contributed by atoms with E-state index >= 15 is 0 Å².